The molecule has 2 rings (SSSR count). The van der Waals surface area contributed by atoms with Crippen LogP contribution in [0.5, 0.6) is 0 Å². The minimum absolute atomic E-state index is 0.0848. The van der Waals surface area contributed by atoms with E-state index in [9.17, 15) is 29.7 Å². The first-order valence-electron chi connectivity index (χ1n) is 12.0. The molecule has 2 fully saturated rings. The summed E-state index contributed by atoms with van der Waals surface area (Å²) in [4.78, 5) is 37.5. The Morgan fingerprint density at radius 2 is 1.74 bits per heavy atom. The zero-order valence-electron chi connectivity index (χ0n) is 20.5. The minimum Gasteiger partial charge on any atom is -0.460 e. The van der Waals surface area contributed by atoms with Crippen LogP contribution in [0.25, 0.3) is 0 Å². The molecule has 0 aromatic heterocycles. The fraction of sp³-hybridized carbons (Fsp3) is 0.792. The fourth-order valence-electron chi connectivity index (χ4n) is 4.12. The lowest BCUT2D eigenvalue weighted by atomic mass is 9.94. The molecule has 0 aromatic carbocycles. The first-order chi connectivity index (χ1) is 15.9. The lowest BCUT2D eigenvalue weighted by molar-refractivity contribution is -0.154. The molecule has 0 unspecified atom stereocenters. The Bertz CT molecular complexity index is 729. The predicted molar refractivity (Wildman–Crippen MR) is 123 cm³/mol. The lowest BCUT2D eigenvalue weighted by Gasteiger charge is -2.28. The van der Waals surface area contributed by atoms with E-state index in [-0.39, 0.29) is 30.3 Å². The Kier molecular flexibility index (Phi) is 10.5. The number of esters is 1. The van der Waals surface area contributed by atoms with E-state index in [1.165, 1.54) is 13.2 Å². The average molecular weight is 485 g/mol. The summed E-state index contributed by atoms with van der Waals surface area (Å²) < 4.78 is 10.6. The highest BCUT2D eigenvalue weighted by molar-refractivity contribution is 5.89. The number of hydrogen-bond donors (Lipinski definition) is 5. The predicted octanol–water partition coefficient (Wildman–Crippen LogP) is 0.183. The van der Waals surface area contributed by atoms with E-state index in [0.717, 1.165) is 25.7 Å². The molecule has 0 radical (unpaired) electrons. The van der Waals surface area contributed by atoms with Crippen molar-refractivity contribution in [2.24, 2.45) is 11.3 Å². The van der Waals surface area contributed by atoms with E-state index in [0.29, 0.717) is 6.42 Å². The number of aliphatic hydroxyl groups is 3. The number of hydrogen-bond acceptors (Lipinski definition) is 8. The van der Waals surface area contributed by atoms with Crippen LogP contribution < -0.4 is 10.6 Å². The Balaban J connectivity index is 1.93. The van der Waals surface area contributed by atoms with Crippen LogP contribution in [0.3, 0.4) is 0 Å². The van der Waals surface area contributed by atoms with Gasteiger partial charge in [0.05, 0.1) is 12.5 Å². The molecule has 0 spiro atoms. The smallest absolute Gasteiger partial charge is 0.309 e. The summed E-state index contributed by atoms with van der Waals surface area (Å²) in [6.07, 6.45) is 0.480. The normalized spacial score (nSPS) is 25.8. The number of methoxy groups -OCH3 is 1. The van der Waals surface area contributed by atoms with Crippen molar-refractivity contribution < 1.29 is 39.2 Å². The molecule has 1 heterocycles. The zero-order valence-corrected chi connectivity index (χ0v) is 20.5. The SMILES string of the molecule is CO[C@@H](C(=O)N[C@H]1CC[C@@H](OC(=O)C2CCCC2)CNC1=O)[C@H](O)[C@@H](O)[C@H](O)/C=C/C(C)(C)C. The van der Waals surface area contributed by atoms with Crippen LogP contribution in [0.1, 0.15) is 59.3 Å². The minimum atomic E-state index is -1.74. The molecule has 0 aromatic rings. The standard InChI is InChI=1S/C24H40N2O8/c1-24(2,3)12-11-17(27)18(28)19(29)20(33-4)22(31)26-16-10-9-15(13-25-21(16)30)34-23(32)14-7-5-6-8-14/h11-12,14-20,27-29H,5-10,13H2,1-4H3,(H,25,30)(H,26,31)/b12-11+/t15-,16+,17-,18+,19-,20-/m1/s1. The summed E-state index contributed by atoms with van der Waals surface area (Å²) >= 11 is 0. The third-order valence-corrected chi connectivity index (χ3v) is 6.20. The van der Waals surface area contributed by atoms with Gasteiger partial charge in [-0.2, -0.15) is 0 Å². The molecule has 1 saturated heterocycles. The van der Waals surface area contributed by atoms with Gasteiger partial charge in [-0.3, -0.25) is 14.4 Å². The fourth-order valence-corrected chi connectivity index (χ4v) is 4.12. The van der Waals surface area contributed by atoms with Gasteiger partial charge in [0.25, 0.3) is 5.91 Å². The second-order valence-electron chi connectivity index (χ2n) is 10.3. The molecule has 10 heteroatoms. The number of ether oxygens (including phenoxy) is 2. The van der Waals surface area contributed by atoms with Crippen LogP contribution in [0, 0.1) is 11.3 Å². The number of nitrogens with one attached hydrogen (secondary N) is 2. The lowest BCUT2D eigenvalue weighted by Crippen LogP contribution is -2.55. The average Bonchev–Trinajstić information content (AvgIpc) is 3.26. The van der Waals surface area contributed by atoms with E-state index in [4.69, 9.17) is 9.47 Å². The number of carbonyl (C=O) groups is 3. The molecule has 2 amide bonds. The summed E-state index contributed by atoms with van der Waals surface area (Å²) in [5.74, 6) is -1.57. The third-order valence-electron chi connectivity index (χ3n) is 6.20. The number of carbonyl (C=O) groups excluding carboxylic acids is 3. The highest BCUT2D eigenvalue weighted by Crippen LogP contribution is 2.26. The zero-order chi connectivity index (χ0) is 25.5. The summed E-state index contributed by atoms with van der Waals surface area (Å²) in [6, 6.07) is -0.921. The highest BCUT2D eigenvalue weighted by Gasteiger charge is 2.38. The molecule has 194 valence electrons. The summed E-state index contributed by atoms with van der Waals surface area (Å²) in [5.41, 5.74) is -0.250. The monoisotopic (exact) mass is 484 g/mol. The Hall–Kier alpha value is -2.01. The van der Waals surface area contributed by atoms with Crippen LogP contribution >= 0.6 is 0 Å². The second-order valence-corrected chi connectivity index (χ2v) is 10.3. The van der Waals surface area contributed by atoms with Gasteiger partial charge in [-0.1, -0.05) is 45.8 Å². The van der Waals surface area contributed by atoms with Gasteiger partial charge < -0.3 is 35.4 Å². The van der Waals surface area contributed by atoms with Crippen molar-refractivity contribution in [2.45, 2.75) is 95.9 Å². The van der Waals surface area contributed by atoms with E-state index >= 15 is 0 Å². The Morgan fingerprint density at radius 1 is 1.09 bits per heavy atom. The number of amides is 2. The second kappa shape index (κ2) is 12.6. The van der Waals surface area contributed by atoms with E-state index in [1.54, 1.807) is 6.08 Å². The first kappa shape index (κ1) is 28.2. The van der Waals surface area contributed by atoms with Gasteiger partial charge in [0.2, 0.25) is 5.91 Å². The van der Waals surface area contributed by atoms with Gasteiger partial charge in [0, 0.05) is 7.11 Å². The van der Waals surface area contributed by atoms with Gasteiger partial charge in [-0.25, -0.2) is 0 Å². The molecule has 1 aliphatic carbocycles. The summed E-state index contributed by atoms with van der Waals surface area (Å²) in [5, 5.41) is 36.1. The maximum absolute atomic E-state index is 12.7. The molecule has 34 heavy (non-hydrogen) atoms. The summed E-state index contributed by atoms with van der Waals surface area (Å²) in [6.45, 7) is 5.87. The van der Waals surface area contributed by atoms with Crippen molar-refractivity contribution in [3.8, 4) is 0 Å². The van der Waals surface area contributed by atoms with Crippen molar-refractivity contribution >= 4 is 17.8 Å². The van der Waals surface area contributed by atoms with Crippen molar-refractivity contribution in [3.05, 3.63) is 12.2 Å². The molecule has 1 saturated carbocycles. The number of rotatable bonds is 9. The maximum Gasteiger partial charge on any atom is 0.309 e. The van der Waals surface area contributed by atoms with Crippen molar-refractivity contribution in [3.63, 3.8) is 0 Å². The highest BCUT2D eigenvalue weighted by atomic mass is 16.5. The van der Waals surface area contributed by atoms with Crippen LogP contribution in [-0.4, -0.2) is 83.3 Å². The maximum atomic E-state index is 12.7. The molecular formula is C24H40N2O8. The quantitative estimate of drug-likeness (QED) is 0.229. The van der Waals surface area contributed by atoms with Crippen LogP contribution in [0.4, 0.5) is 0 Å². The van der Waals surface area contributed by atoms with E-state index in [2.05, 4.69) is 10.6 Å². The van der Waals surface area contributed by atoms with Crippen molar-refractivity contribution in [2.75, 3.05) is 13.7 Å². The molecule has 6 atom stereocenters. The molecule has 10 nitrogen and oxygen atoms in total. The molecule has 2 aliphatic rings. The van der Waals surface area contributed by atoms with E-state index in [1.807, 2.05) is 20.8 Å². The Labute approximate surface area is 201 Å². The Morgan fingerprint density at radius 3 is 2.32 bits per heavy atom. The van der Waals surface area contributed by atoms with Crippen LogP contribution in [-0.2, 0) is 23.9 Å². The van der Waals surface area contributed by atoms with Gasteiger partial charge in [0.15, 0.2) is 6.10 Å². The topological polar surface area (TPSA) is 154 Å². The van der Waals surface area contributed by atoms with Crippen LogP contribution in [0.2, 0.25) is 0 Å². The number of allylic oxidation sites excluding steroid dienone is 1. The van der Waals surface area contributed by atoms with Gasteiger partial charge in [-0.15, -0.1) is 0 Å². The molecule has 5 N–H and O–H groups in total. The molecule has 0 bridgehead atoms. The van der Waals surface area contributed by atoms with Crippen LogP contribution in [0.15, 0.2) is 12.2 Å². The van der Waals surface area contributed by atoms with Crippen molar-refractivity contribution in [1.82, 2.24) is 10.6 Å². The summed E-state index contributed by atoms with van der Waals surface area (Å²) in [7, 11) is 1.18. The van der Waals surface area contributed by atoms with E-state index < -0.39 is 48.4 Å². The number of aliphatic hydroxyl groups excluding tert-OH is 3. The molecule has 1 aliphatic heterocycles. The van der Waals surface area contributed by atoms with Gasteiger partial charge >= 0.3 is 5.97 Å². The van der Waals surface area contributed by atoms with Gasteiger partial charge in [0.1, 0.15) is 30.5 Å². The van der Waals surface area contributed by atoms with Gasteiger partial charge in [-0.05, 0) is 31.1 Å². The first-order valence-corrected chi connectivity index (χ1v) is 12.0. The largest absolute Gasteiger partial charge is 0.460 e. The van der Waals surface area contributed by atoms with Crippen molar-refractivity contribution in [1.29, 1.82) is 0 Å². The third kappa shape index (κ3) is 8.33. The molecular weight excluding hydrogens is 444 g/mol.